The summed E-state index contributed by atoms with van der Waals surface area (Å²) in [6, 6.07) is 1.62. The van der Waals surface area contributed by atoms with Crippen LogP contribution in [0.4, 0.5) is 0 Å². The molecule has 2 atom stereocenters. The summed E-state index contributed by atoms with van der Waals surface area (Å²) in [6.45, 7) is 9.69. The molecule has 1 saturated heterocycles. The largest absolute Gasteiger partial charge is 0.393 e. The molecule has 2 aliphatic rings. The Balaban J connectivity index is 0.00000288. The quantitative estimate of drug-likeness (QED) is 0.341. The normalized spacial score (nSPS) is 30.3. The molecule has 24 heavy (non-hydrogen) atoms. The molecule has 0 aromatic rings. The fraction of sp³-hybridized carbons (Fsp3) is 0.944. The number of aliphatic imine (C=N–C) groups is 1. The SMILES string of the molecule is CCNC(=NCC(C)N1CCCCC1C)NC1CCC(O)CC1.I. The fourth-order valence-corrected chi connectivity index (χ4v) is 3.84. The summed E-state index contributed by atoms with van der Waals surface area (Å²) in [7, 11) is 0. The van der Waals surface area contributed by atoms with Crippen molar-refractivity contribution in [2.24, 2.45) is 4.99 Å². The van der Waals surface area contributed by atoms with Crippen LogP contribution >= 0.6 is 24.0 Å². The third-order valence-corrected chi connectivity index (χ3v) is 5.32. The Morgan fingerprint density at radius 2 is 1.92 bits per heavy atom. The zero-order valence-electron chi connectivity index (χ0n) is 15.6. The minimum absolute atomic E-state index is 0. The van der Waals surface area contributed by atoms with E-state index >= 15 is 0 Å². The van der Waals surface area contributed by atoms with Crippen LogP contribution in [0.15, 0.2) is 4.99 Å². The zero-order chi connectivity index (χ0) is 16.7. The molecule has 0 bridgehead atoms. The van der Waals surface area contributed by atoms with Gasteiger partial charge in [0.1, 0.15) is 0 Å². The molecule has 2 unspecified atom stereocenters. The van der Waals surface area contributed by atoms with E-state index < -0.39 is 0 Å². The number of aliphatic hydroxyl groups excluding tert-OH is 1. The smallest absolute Gasteiger partial charge is 0.191 e. The zero-order valence-corrected chi connectivity index (χ0v) is 18.0. The second kappa shape index (κ2) is 11.5. The number of hydrogen-bond acceptors (Lipinski definition) is 3. The Hall–Kier alpha value is -0.0800. The Bertz CT molecular complexity index is 372. The average Bonchev–Trinajstić information content (AvgIpc) is 2.55. The molecule has 5 nitrogen and oxygen atoms in total. The molecule has 6 heteroatoms. The van der Waals surface area contributed by atoms with Gasteiger partial charge >= 0.3 is 0 Å². The van der Waals surface area contributed by atoms with Gasteiger partial charge in [0.15, 0.2) is 5.96 Å². The molecule has 0 aromatic carbocycles. The number of piperidine rings is 1. The molecule has 0 aromatic heterocycles. The summed E-state index contributed by atoms with van der Waals surface area (Å²) in [5.41, 5.74) is 0. The molecule has 1 aliphatic heterocycles. The topological polar surface area (TPSA) is 59.9 Å². The van der Waals surface area contributed by atoms with Crippen LogP contribution in [0.1, 0.15) is 65.7 Å². The molecular formula is C18H37IN4O. The van der Waals surface area contributed by atoms with Crippen LogP contribution in [0, 0.1) is 0 Å². The molecular weight excluding hydrogens is 415 g/mol. The van der Waals surface area contributed by atoms with Gasteiger partial charge in [0.05, 0.1) is 12.6 Å². The van der Waals surface area contributed by atoms with Crippen LogP contribution in [0.2, 0.25) is 0 Å². The molecule has 0 amide bonds. The fourth-order valence-electron chi connectivity index (χ4n) is 3.84. The highest BCUT2D eigenvalue weighted by Gasteiger charge is 2.23. The van der Waals surface area contributed by atoms with Gasteiger partial charge in [-0.15, -0.1) is 24.0 Å². The van der Waals surface area contributed by atoms with Crippen LogP contribution in [0.25, 0.3) is 0 Å². The Kier molecular flexibility index (Phi) is 10.5. The molecule has 1 heterocycles. The first-order chi connectivity index (χ1) is 11.1. The van der Waals surface area contributed by atoms with Crippen molar-refractivity contribution in [3.05, 3.63) is 0 Å². The Labute approximate surface area is 165 Å². The number of hydrogen-bond donors (Lipinski definition) is 3. The van der Waals surface area contributed by atoms with Crippen LogP contribution < -0.4 is 10.6 Å². The third-order valence-electron chi connectivity index (χ3n) is 5.32. The van der Waals surface area contributed by atoms with E-state index in [0.717, 1.165) is 44.7 Å². The van der Waals surface area contributed by atoms with Gasteiger partial charge in [-0.05, 0) is 65.8 Å². The van der Waals surface area contributed by atoms with Gasteiger partial charge in [-0.25, -0.2) is 0 Å². The van der Waals surface area contributed by atoms with Gasteiger partial charge in [-0.1, -0.05) is 6.42 Å². The lowest BCUT2D eigenvalue weighted by atomic mass is 9.93. The molecule has 0 spiro atoms. The van der Waals surface area contributed by atoms with E-state index in [0.29, 0.717) is 18.1 Å². The first-order valence-electron chi connectivity index (χ1n) is 9.58. The van der Waals surface area contributed by atoms with Crippen molar-refractivity contribution in [2.45, 2.75) is 89.9 Å². The number of likely N-dealkylation sites (tertiary alicyclic amines) is 1. The Morgan fingerprint density at radius 1 is 1.21 bits per heavy atom. The summed E-state index contributed by atoms with van der Waals surface area (Å²) in [4.78, 5) is 7.43. The lowest BCUT2D eigenvalue weighted by Gasteiger charge is -2.37. The first kappa shape index (κ1) is 22.0. The molecule has 0 radical (unpaired) electrons. The average molecular weight is 452 g/mol. The van der Waals surface area contributed by atoms with Gasteiger partial charge in [0, 0.05) is 24.7 Å². The van der Waals surface area contributed by atoms with Crippen LogP contribution in [-0.2, 0) is 0 Å². The van der Waals surface area contributed by atoms with E-state index in [9.17, 15) is 5.11 Å². The van der Waals surface area contributed by atoms with E-state index in [1.165, 1.54) is 25.8 Å². The molecule has 1 aliphatic carbocycles. The minimum Gasteiger partial charge on any atom is -0.393 e. The molecule has 142 valence electrons. The second-order valence-corrected chi connectivity index (χ2v) is 7.30. The van der Waals surface area contributed by atoms with Crippen molar-refractivity contribution in [3.63, 3.8) is 0 Å². The summed E-state index contributed by atoms with van der Waals surface area (Å²) in [5.74, 6) is 0.936. The van der Waals surface area contributed by atoms with Crippen molar-refractivity contribution < 1.29 is 5.11 Å². The highest BCUT2D eigenvalue weighted by molar-refractivity contribution is 14.0. The molecule has 3 N–H and O–H groups in total. The summed E-state index contributed by atoms with van der Waals surface area (Å²) in [5, 5.41) is 16.6. The van der Waals surface area contributed by atoms with Crippen molar-refractivity contribution >= 4 is 29.9 Å². The Morgan fingerprint density at radius 3 is 2.54 bits per heavy atom. The number of halogens is 1. The highest BCUT2D eigenvalue weighted by Crippen LogP contribution is 2.20. The predicted molar refractivity (Wildman–Crippen MR) is 112 cm³/mol. The number of guanidine groups is 1. The van der Waals surface area contributed by atoms with Crippen LogP contribution in [0.5, 0.6) is 0 Å². The van der Waals surface area contributed by atoms with Gasteiger partial charge < -0.3 is 15.7 Å². The maximum absolute atomic E-state index is 9.63. The monoisotopic (exact) mass is 452 g/mol. The second-order valence-electron chi connectivity index (χ2n) is 7.30. The van der Waals surface area contributed by atoms with Crippen molar-refractivity contribution in [1.29, 1.82) is 0 Å². The lowest BCUT2D eigenvalue weighted by molar-refractivity contribution is 0.117. The van der Waals surface area contributed by atoms with Gasteiger partial charge in [-0.2, -0.15) is 0 Å². The number of rotatable bonds is 5. The molecule has 1 saturated carbocycles. The van der Waals surface area contributed by atoms with Crippen LogP contribution in [-0.4, -0.2) is 59.8 Å². The van der Waals surface area contributed by atoms with E-state index in [2.05, 4.69) is 36.3 Å². The van der Waals surface area contributed by atoms with E-state index in [1.54, 1.807) is 0 Å². The van der Waals surface area contributed by atoms with Crippen molar-refractivity contribution in [2.75, 3.05) is 19.6 Å². The summed E-state index contributed by atoms with van der Waals surface area (Å²) < 4.78 is 0. The van der Waals surface area contributed by atoms with E-state index in [-0.39, 0.29) is 30.1 Å². The highest BCUT2D eigenvalue weighted by atomic mass is 127. The summed E-state index contributed by atoms with van der Waals surface area (Å²) in [6.07, 6.45) is 7.77. The molecule has 2 fully saturated rings. The van der Waals surface area contributed by atoms with Gasteiger partial charge in [0.25, 0.3) is 0 Å². The van der Waals surface area contributed by atoms with Gasteiger partial charge in [-0.3, -0.25) is 9.89 Å². The maximum atomic E-state index is 9.63. The van der Waals surface area contributed by atoms with E-state index in [4.69, 9.17) is 4.99 Å². The minimum atomic E-state index is -0.104. The maximum Gasteiger partial charge on any atom is 0.191 e. The number of nitrogens with zero attached hydrogens (tertiary/aromatic N) is 2. The third kappa shape index (κ3) is 7.04. The molecule has 2 rings (SSSR count). The van der Waals surface area contributed by atoms with Crippen molar-refractivity contribution in [3.8, 4) is 0 Å². The summed E-state index contributed by atoms with van der Waals surface area (Å²) >= 11 is 0. The van der Waals surface area contributed by atoms with Gasteiger partial charge in [0.2, 0.25) is 0 Å². The van der Waals surface area contributed by atoms with Crippen LogP contribution in [0.3, 0.4) is 0 Å². The standard InChI is InChI=1S/C18H36N4O.HI/c1-4-19-18(21-16-8-10-17(23)11-9-16)20-13-15(3)22-12-6-5-7-14(22)2;/h14-17,23H,4-13H2,1-3H3,(H2,19,20,21);1H. The lowest BCUT2D eigenvalue weighted by Crippen LogP contribution is -2.47. The number of nitrogens with one attached hydrogen (secondary N) is 2. The van der Waals surface area contributed by atoms with E-state index in [1.807, 2.05) is 0 Å². The van der Waals surface area contributed by atoms with Crippen molar-refractivity contribution in [1.82, 2.24) is 15.5 Å². The number of aliphatic hydroxyl groups is 1. The first-order valence-corrected chi connectivity index (χ1v) is 9.58. The predicted octanol–water partition coefficient (Wildman–Crippen LogP) is 2.73.